The van der Waals surface area contributed by atoms with Crippen LogP contribution in [0.3, 0.4) is 0 Å². The van der Waals surface area contributed by atoms with Gasteiger partial charge in [-0.05, 0) is 42.7 Å². The van der Waals surface area contributed by atoms with Crippen molar-refractivity contribution < 1.29 is 14.0 Å². The number of aryl methyl sites for hydroxylation is 1. The van der Waals surface area contributed by atoms with Crippen molar-refractivity contribution in [2.24, 2.45) is 18.9 Å². The number of halogens is 2. The molecule has 1 aromatic heterocycles. The van der Waals surface area contributed by atoms with E-state index in [1.165, 1.54) is 24.3 Å². The van der Waals surface area contributed by atoms with Gasteiger partial charge in [0.1, 0.15) is 5.82 Å². The van der Waals surface area contributed by atoms with E-state index in [-0.39, 0.29) is 47.7 Å². The van der Waals surface area contributed by atoms with Crippen LogP contribution in [0.25, 0.3) is 0 Å². The van der Waals surface area contributed by atoms with Crippen molar-refractivity contribution >= 4 is 24.1 Å². The topological polar surface area (TPSA) is 67.2 Å². The second-order valence-corrected chi connectivity index (χ2v) is 7.81. The third-order valence-electron chi connectivity index (χ3n) is 5.92. The maximum atomic E-state index is 13.2. The first-order valence-electron chi connectivity index (χ1n) is 9.81. The molecule has 4 rings (SSSR count). The predicted molar refractivity (Wildman–Crippen MR) is 110 cm³/mol. The highest BCUT2D eigenvalue weighted by Gasteiger charge is 2.39. The Morgan fingerprint density at radius 1 is 1.21 bits per heavy atom. The monoisotopic (exact) mass is 420 g/mol. The quantitative estimate of drug-likeness (QED) is 0.771. The van der Waals surface area contributed by atoms with Gasteiger partial charge in [0.15, 0.2) is 5.78 Å². The van der Waals surface area contributed by atoms with E-state index in [4.69, 9.17) is 0 Å². The summed E-state index contributed by atoms with van der Waals surface area (Å²) in [5.74, 6) is -0.513. The molecule has 0 radical (unpaired) electrons. The number of aromatic nitrogens is 2. The number of ketones is 1. The van der Waals surface area contributed by atoms with Crippen molar-refractivity contribution in [1.29, 1.82) is 0 Å². The molecule has 8 heteroatoms. The second kappa shape index (κ2) is 9.05. The average molecular weight is 421 g/mol. The van der Waals surface area contributed by atoms with Crippen LogP contribution < -0.4 is 5.32 Å². The zero-order valence-corrected chi connectivity index (χ0v) is 17.2. The molecule has 1 aromatic carbocycles. The van der Waals surface area contributed by atoms with Crippen LogP contribution in [0.15, 0.2) is 36.7 Å². The molecular weight excluding hydrogens is 395 g/mol. The molecule has 2 saturated heterocycles. The molecule has 6 nitrogen and oxygen atoms in total. The highest BCUT2D eigenvalue weighted by molar-refractivity contribution is 5.98. The lowest BCUT2D eigenvalue weighted by atomic mass is 9.86. The molecule has 2 aromatic rings. The Bertz CT molecular complexity index is 870. The number of nitrogens with zero attached hydrogens (tertiary/aromatic N) is 3. The van der Waals surface area contributed by atoms with Gasteiger partial charge in [-0.25, -0.2) is 4.39 Å². The fourth-order valence-electron chi connectivity index (χ4n) is 4.40. The maximum Gasteiger partial charge on any atom is 0.227 e. The standard InChI is InChI=1S/C21H25FN4O2.ClH/c1-25-12-16(9-24-25)18-10-23-11-19(18)21(28)26-8-2-3-15(13-26)20(27)14-4-6-17(22)7-5-14;/h4-7,9,12,15,18-19,23H,2-3,8,10-11,13H2,1H3;1H/t15?,18-,19+;/m1./s1. The first-order chi connectivity index (χ1) is 13.5. The summed E-state index contributed by atoms with van der Waals surface area (Å²) < 4.78 is 14.9. The molecule has 1 amide bonds. The zero-order valence-electron chi connectivity index (χ0n) is 16.4. The lowest BCUT2D eigenvalue weighted by Gasteiger charge is -2.34. The van der Waals surface area contributed by atoms with Crippen molar-refractivity contribution in [1.82, 2.24) is 20.0 Å². The van der Waals surface area contributed by atoms with Gasteiger partial charge in [-0.2, -0.15) is 5.10 Å². The van der Waals surface area contributed by atoms with Crippen LogP contribution in [-0.4, -0.2) is 52.5 Å². The summed E-state index contributed by atoms with van der Waals surface area (Å²) in [6.45, 7) is 2.52. The Hall–Kier alpha value is -2.25. The van der Waals surface area contributed by atoms with Gasteiger partial charge in [-0.3, -0.25) is 14.3 Å². The Kier molecular flexibility index (Phi) is 6.70. The van der Waals surface area contributed by atoms with Crippen LogP contribution in [0.1, 0.15) is 34.7 Å². The first-order valence-corrected chi connectivity index (χ1v) is 9.81. The van der Waals surface area contributed by atoms with Crippen LogP contribution in [0.4, 0.5) is 4.39 Å². The summed E-state index contributed by atoms with van der Waals surface area (Å²) in [6.07, 6.45) is 5.36. The number of rotatable bonds is 4. The lowest BCUT2D eigenvalue weighted by molar-refractivity contribution is -0.136. The number of carbonyl (C=O) groups is 2. The Morgan fingerprint density at radius 2 is 1.97 bits per heavy atom. The Balaban J connectivity index is 0.00000240. The van der Waals surface area contributed by atoms with E-state index in [9.17, 15) is 14.0 Å². The number of nitrogens with one attached hydrogen (secondary N) is 1. The predicted octanol–water partition coefficient (Wildman–Crippen LogP) is 2.41. The van der Waals surface area contributed by atoms with Gasteiger partial charge >= 0.3 is 0 Å². The van der Waals surface area contributed by atoms with E-state index in [0.29, 0.717) is 25.2 Å². The fraction of sp³-hybridized carbons (Fsp3) is 0.476. The number of amides is 1. The number of benzene rings is 1. The molecule has 2 aliphatic heterocycles. The Labute approximate surface area is 175 Å². The molecule has 1 N–H and O–H groups in total. The highest BCUT2D eigenvalue weighted by atomic mass is 35.5. The number of hydrogen-bond acceptors (Lipinski definition) is 4. The first kappa shape index (κ1) is 21.5. The van der Waals surface area contributed by atoms with Gasteiger partial charge in [0.05, 0.1) is 12.1 Å². The second-order valence-electron chi connectivity index (χ2n) is 7.81. The van der Waals surface area contributed by atoms with Crippen molar-refractivity contribution in [2.45, 2.75) is 18.8 Å². The van der Waals surface area contributed by atoms with Gasteiger partial charge in [0, 0.05) is 56.8 Å². The molecular formula is C21H26ClFN4O2. The van der Waals surface area contributed by atoms with Crippen molar-refractivity contribution in [3.05, 3.63) is 53.6 Å². The van der Waals surface area contributed by atoms with Gasteiger partial charge < -0.3 is 10.2 Å². The third-order valence-corrected chi connectivity index (χ3v) is 5.92. The summed E-state index contributed by atoms with van der Waals surface area (Å²) in [5.41, 5.74) is 1.58. The molecule has 0 saturated carbocycles. The number of Topliss-reactive ketones (excluding diaryl/α,β-unsaturated/α-hetero) is 1. The van der Waals surface area contributed by atoms with Gasteiger partial charge in [0.25, 0.3) is 0 Å². The molecule has 0 spiro atoms. The summed E-state index contributed by atoms with van der Waals surface area (Å²) in [6, 6.07) is 5.67. The summed E-state index contributed by atoms with van der Waals surface area (Å²) in [7, 11) is 1.87. The lowest BCUT2D eigenvalue weighted by Crippen LogP contribution is -2.46. The van der Waals surface area contributed by atoms with E-state index in [0.717, 1.165) is 24.9 Å². The molecule has 3 atom stereocenters. The zero-order chi connectivity index (χ0) is 19.7. The van der Waals surface area contributed by atoms with Crippen LogP contribution in [0, 0.1) is 17.7 Å². The van der Waals surface area contributed by atoms with E-state index in [1.54, 1.807) is 4.68 Å². The molecule has 0 aliphatic carbocycles. The normalized spacial score (nSPS) is 24.2. The SMILES string of the molecule is Cl.Cn1cc([C@H]2CNC[C@@H]2C(=O)N2CCCC(C(=O)c3ccc(F)cc3)C2)cn1. The van der Waals surface area contributed by atoms with Crippen molar-refractivity contribution in [3.63, 3.8) is 0 Å². The summed E-state index contributed by atoms with van der Waals surface area (Å²) in [5, 5.41) is 7.56. The molecule has 156 valence electrons. The largest absolute Gasteiger partial charge is 0.342 e. The van der Waals surface area contributed by atoms with Crippen LogP contribution in [-0.2, 0) is 11.8 Å². The van der Waals surface area contributed by atoms with Crippen molar-refractivity contribution in [2.75, 3.05) is 26.2 Å². The molecule has 2 aliphatic rings. The molecule has 0 bridgehead atoms. The smallest absolute Gasteiger partial charge is 0.227 e. The maximum absolute atomic E-state index is 13.2. The van der Waals surface area contributed by atoms with E-state index in [1.807, 2.05) is 24.3 Å². The minimum atomic E-state index is -0.354. The fourth-order valence-corrected chi connectivity index (χ4v) is 4.40. The summed E-state index contributed by atoms with van der Waals surface area (Å²) >= 11 is 0. The summed E-state index contributed by atoms with van der Waals surface area (Å²) in [4.78, 5) is 27.9. The van der Waals surface area contributed by atoms with E-state index < -0.39 is 0 Å². The number of piperidine rings is 1. The van der Waals surface area contributed by atoms with Gasteiger partial charge in [0.2, 0.25) is 5.91 Å². The molecule has 2 fully saturated rings. The van der Waals surface area contributed by atoms with Crippen LogP contribution in [0.2, 0.25) is 0 Å². The Morgan fingerprint density at radius 3 is 2.66 bits per heavy atom. The van der Waals surface area contributed by atoms with Gasteiger partial charge in [-0.1, -0.05) is 0 Å². The number of likely N-dealkylation sites (tertiary alicyclic amines) is 1. The average Bonchev–Trinajstić information content (AvgIpc) is 3.36. The number of carbonyl (C=O) groups excluding carboxylic acids is 2. The molecule has 1 unspecified atom stereocenters. The van der Waals surface area contributed by atoms with E-state index in [2.05, 4.69) is 10.4 Å². The number of hydrogen-bond donors (Lipinski definition) is 1. The molecule has 29 heavy (non-hydrogen) atoms. The van der Waals surface area contributed by atoms with Gasteiger partial charge in [-0.15, -0.1) is 12.4 Å². The minimum absolute atomic E-state index is 0. The highest BCUT2D eigenvalue weighted by Crippen LogP contribution is 2.31. The third kappa shape index (κ3) is 4.51. The van der Waals surface area contributed by atoms with Crippen LogP contribution >= 0.6 is 12.4 Å². The minimum Gasteiger partial charge on any atom is -0.342 e. The van der Waals surface area contributed by atoms with E-state index >= 15 is 0 Å². The van der Waals surface area contributed by atoms with Crippen LogP contribution in [0.5, 0.6) is 0 Å². The van der Waals surface area contributed by atoms with Crippen molar-refractivity contribution in [3.8, 4) is 0 Å². The molecule has 3 heterocycles.